The second-order valence-corrected chi connectivity index (χ2v) is 5.13. The number of carbonyl (C=O) groups excluding carboxylic acids is 3. The van der Waals surface area contributed by atoms with E-state index in [2.05, 4.69) is 0 Å². The number of likely N-dealkylation sites (tertiary alicyclic amines) is 1. The lowest BCUT2D eigenvalue weighted by molar-refractivity contribution is -0.130. The number of nitrogens with two attached hydrogens (primary N) is 1. The third-order valence-electron chi connectivity index (χ3n) is 3.75. The van der Waals surface area contributed by atoms with Gasteiger partial charge in [-0.1, -0.05) is 12.1 Å². The molecule has 1 saturated heterocycles. The fraction of sp³-hybridized carbons (Fsp3) is 0.357. The fourth-order valence-corrected chi connectivity index (χ4v) is 2.63. The Balaban J connectivity index is 0.00000161. The molecule has 0 unspecified atom stereocenters. The monoisotopic (exact) mass is 309 g/mol. The van der Waals surface area contributed by atoms with Gasteiger partial charge in [-0.2, -0.15) is 0 Å². The summed E-state index contributed by atoms with van der Waals surface area (Å²) in [5.74, 6) is -1.03. The van der Waals surface area contributed by atoms with Crippen molar-refractivity contribution in [2.75, 3.05) is 19.6 Å². The number of carbonyl (C=O) groups is 3. The Kier molecular flexibility index (Phi) is 4.29. The summed E-state index contributed by atoms with van der Waals surface area (Å²) in [5.41, 5.74) is 6.48. The Hall–Kier alpha value is -1.92. The normalized spacial score (nSPS) is 20.5. The molecule has 21 heavy (non-hydrogen) atoms. The van der Waals surface area contributed by atoms with Crippen LogP contribution in [0.4, 0.5) is 0 Å². The van der Waals surface area contributed by atoms with Crippen LogP contribution in [0.3, 0.4) is 0 Å². The van der Waals surface area contributed by atoms with Crippen molar-refractivity contribution in [1.82, 2.24) is 9.80 Å². The van der Waals surface area contributed by atoms with Gasteiger partial charge >= 0.3 is 0 Å². The van der Waals surface area contributed by atoms with Crippen molar-refractivity contribution in [2.45, 2.75) is 12.5 Å². The lowest BCUT2D eigenvalue weighted by Crippen LogP contribution is -2.42. The van der Waals surface area contributed by atoms with Crippen LogP contribution in [0.1, 0.15) is 27.1 Å². The number of amides is 3. The molecule has 6 nitrogen and oxygen atoms in total. The molecule has 0 bridgehead atoms. The number of hydrogen-bond donors (Lipinski definition) is 1. The SMILES string of the molecule is Cl.N[C@@H]1CCN(C(=O)CN2C(=O)c3ccccc3C2=O)C1. The first kappa shape index (κ1) is 15.5. The van der Waals surface area contributed by atoms with Gasteiger partial charge in [0, 0.05) is 19.1 Å². The Labute approximate surface area is 128 Å². The first-order valence-corrected chi connectivity index (χ1v) is 6.56. The number of nitrogens with zero attached hydrogens (tertiary/aromatic N) is 2. The molecule has 2 N–H and O–H groups in total. The predicted octanol–water partition coefficient (Wildman–Crippen LogP) is 0.264. The van der Waals surface area contributed by atoms with Gasteiger partial charge in [0.05, 0.1) is 11.1 Å². The van der Waals surface area contributed by atoms with Crippen molar-refractivity contribution in [2.24, 2.45) is 5.73 Å². The van der Waals surface area contributed by atoms with E-state index in [0.717, 1.165) is 11.3 Å². The van der Waals surface area contributed by atoms with E-state index in [1.54, 1.807) is 29.2 Å². The smallest absolute Gasteiger partial charge is 0.262 e. The number of hydrogen-bond acceptors (Lipinski definition) is 4. The van der Waals surface area contributed by atoms with Crippen molar-refractivity contribution in [3.05, 3.63) is 35.4 Å². The average Bonchev–Trinajstić information content (AvgIpc) is 2.98. The quantitative estimate of drug-likeness (QED) is 0.795. The van der Waals surface area contributed by atoms with Crippen molar-refractivity contribution < 1.29 is 14.4 Å². The van der Waals surface area contributed by atoms with Gasteiger partial charge in [0.1, 0.15) is 6.54 Å². The molecule has 1 fully saturated rings. The molecule has 7 heteroatoms. The van der Waals surface area contributed by atoms with E-state index in [-0.39, 0.29) is 30.9 Å². The zero-order chi connectivity index (χ0) is 14.3. The molecule has 0 aromatic heterocycles. The van der Waals surface area contributed by atoms with Crippen molar-refractivity contribution in [3.8, 4) is 0 Å². The van der Waals surface area contributed by atoms with E-state index in [0.29, 0.717) is 24.2 Å². The highest BCUT2D eigenvalue weighted by Crippen LogP contribution is 2.22. The van der Waals surface area contributed by atoms with Crippen LogP contribution >= 0.6 is 12.4 Å². The summed E-state index contributed by atoms with van der Waals surface area (Å²) >= 11 is 0. The van der Waals surface area contributed by atoms with Crippen molar-refractivity contribution in [1.29, 1.82) is 0 Å². The molecule has 1 atom stereocenters. The largest absolute Gasteiger partial charge is 0.340 e. The molecule has 2 heterocycles. The summed E-state index contributed by atoms with van der Waals surface area (Å²) in [7, 11) is 0. The average molecular weight is 310 g/mol. The van der Waals surface area contributed by atoms with Crippen LogP contribution in [0.15, 0.2) is 24.3 Å². The summed E-state index contributed by atoms with van der Waals surface area (Å²) in [6.45, 7) is 0.865. The van der Waals surface area contributed by atoms with Crippen LogP contribution in [0.2, 0.25) is 0 Å². The van der Waals surface area contributed by atoms with Crippen LogP contribution in [-0.2, 0) is 4.79 Å². The minimum atomic E-state index is -0.401. The van der Waals surface area contributed by atoms with Crippen molar-refractivity contribution >= 4 is 30.1 Å². The first-order valence-electron chi connectivity index (χ1n) is 6.56. The Morgan fingerprint density at radius 3 is 2.24 bits per heavy atom. The maximum absolute atomic E-state index is 12.1. The van der Waals surface area contributed by atoms with Crippen LogP contribution in [0.5, 0.6) is 0 Å². The van der Waals surface area contributed by atoms with Gasteiger partial charge in [0.2, 0.25) is 5.91 Å². The van der Waals surface area contributed by atoms with Gasteiger partial charge in [-0.15, -0.1) is 12.4 Å². The molecule has 3 amide bonds. The van der Waals surface area contributed by atoms with E-state index in [1.165, 1.54) is 0 Å². The van der Waals surface area contributed by atoms with Crippen LogP contribution in [0.25, 0.3) is 0 Å². The minimum absolute atomic E-state index is 0. The maximum Gasteiger partial charge on any atom is 0.262 e. The van der Waals surface area contributed by atoms with E-state index in [1.807, 2.05) is 0 Å². The number of fused-ring (bicyclic) bond motifs is 1. The van der Waals surface area contributed by atoms with E-state index in [4.69, 9.17) is 5.73 Å². The highest BCUT2D eigenvalue weighted by Gasteiger charge is 2.37. The van der Waals surface area contributed by atoms with E-state index < -0.39 is 11.8 Å². The summed E-state index contributed by atoms with van der Waals surface area (Å²) in [6.07, 6.45) is 0.758. The van der Waals surface area contributed by atoms with E-state index >= 15 is 0 Å². The molecule has 2 aliphatic rings. The zero-order valence-corrected chi connectivity index (χ0v) is 12.1. The van der Waals surface area contributed by atoms with Gasteiger partial charge in [-0.3, -0.25) is 19.3 Å². The molecular formula is C14H16ClN3O3. The topological polar surface area (TPSA) is 83.7 Å². The molecule has 1 aromatic rings. The molecule has 0 saturated carbocycles. The van der Waals surface area contributed by atoms with Gasteiger partial charge in [-0.25, -0.2) is 0 Å². The summed E-state index contributed by atoms with van der Waals surface area (Å²) in [4.78, 5) is 39.0. The molecule has 0 aliphatic carbocycles. The molecule has 0 radical (unpaired) electrons. The maximum atomic E-state index is 12.1. The molecular weight excluding hydrogens is 294 g/mol. The Morgan fingerprint density at radius 1 is 1.19 bits per heavy atom. The predicted molar refractivity (Wildman–Crippen MR) is 78.2 cm³/mol. The summed E-state index contributed by atoms with van der Waals surface area (Å²) < 4.78 is 0. The standard InChI is InChI=1S/C14H15N3O3.ClH/c15-9-5-6-16(7-9)12(18)8-17-13(19)10-3-1-2-4-11(10)14(17)20;/h1-4,9H,5-8,15H2;1H/t9-;/m1./s1. The van der Waals surface area contributed by atoms with Crippen molar-refractivity contribution in [3.63, 3.8) is 0 Å². The molecule has 112 valence electrons. The highest BCUT2D eigenvalue weighted by molar-refractivity contribution is 6.22. The van der Waals surface area contributed by atoms with E-state index in [9.17, 15) is 14.4 Å². The fourth-order valence-electron chi connectivity index (χ4n) is 2.63. The molecule has 1 aromatic carbocycles. The van der Waals surface area contributed by atoms with Gasteiger partial charge in [0.25, 0.3) is 11.8 Å². The lowest BCUT2D eigenvalue weighted by Gasteiger charge is -2.19. The molecule has 2 aliphatic heterocycles. The van der Waals surface area contributed by atoms with Gasteiger partial charge < -0.3 is 10.6 Å². The molecule has 0 spiro atoms. The number of halogens is 1. The van der Waals surface area contributed by atoms with Gasteiger partial charge in [0.15, 0.2) is 0 Å². The minimum Gasteiger partial charge on any atom is -0.340 e. The second-order valence-electron chi connectivity index (χ2n) is 5.13. The summed E-state index contributed by atoms with van der Waals surface area (Å²) in [6, 6.07) is 6.60. The number of imide groups is 1. The Bertz CT molecular complexity index is 570. The highest BCUT2D eigenvalue weighted by atomic mass is 35.5. The second kappa shape index (κ2) is 5.83. The Morgan fingerprint density at radius 2 is 1.76 bits per heavy atom. The van der Waals surface area contributed by atoms with Crippen LogP contribution in [-0.4, -0.2) is 53.2 Å². The van der Waals surface area contributed by atoms with Gasteiger partial charge in [-0.05, 0) is 18.6 Å². The third-order valence-corrected chi connectivity index (χ3v) is 3.75. The third kappa shape index (κ3) is 2.64. The number of benzene rings is 1. The first-order chi connectivity index (χ1) is 9.58. The lowest BCUT2D eigenvalue weighted by atomic mass is 10.1. The zero-order valence-electron chi connectivity index (χ0n) is 11.3. The van der Waals surface area contributed by atoms with Crippen LogP contribution in [0, 0.1) is 0 Å². The molecule has 3 rings (SSSR count). The summed E-state index contributed by atoms with van der Waals surface area (Å²) in [5, 5.41) is 0. The van der Waals surface area contributed by atoms with Crippen LogP contribution < -0.4 is 5.73 Å². The number of rotatable bonds is 2.